The molecule has 4 N–H and O–H groups in total. The van der Waals surface area contributed by atoms with E-state index in [0.717, 1.165) is 42.0 Å². The van der Waals surface area contributed by atoms with Gasteiger partial charge in [0.2, 0.25) is 5.95 Å². The van der Waals surface area contributed by atoms with E-state index in [0.29, 0.717) is 29.6 Å². The van der Waals surface area contributed by atoms with Gasteiger partial charge in [-0.05, 0) is 43.0 Å². The van der Waals surface area contributed by atoms with E-state index in [2.05, 4.69) is 20.9 Å². The molecule has 1 fully saturated rings. The molecule has 2 heterocycles. The predicted molar refractivity (Wildman–Crippen MR) is 110 cm³/mol. The second kappa shape index (κ2) is 7.48. The number of ether oxygens (including phenoxy) is 1. The van der Waals surface area contributed by atoms with Crippen LogP contribution in [0.5, 0.6) is 5.75 Å². The van der Waals surface area contributed by atoms with Crippen LogP contribution in [0.1, 0.15) is 12.8 Å². The van der Waals surface area contributed by atoms with Crippen molar-refractivity contribution < 1.29 is 4.74 Å². The van der Waals surface area contributed by atoms with Gasteiger partial charge in [0.25, 0.3) is 0 Å². The van der Waals surface area contributed by atoms with Gasteiger partial charge >= 0.3 is 0 Å². The average Bonchev–Trinajstić information content (AvgIpc) is 2.67. The third-order valence-electron chi connectivity index (χ3n) is 5.01. The quantitative estimate of drug-likeness (QED) is 0.713. The van der Waals surface area contributed by atoms with Gasteiger partial charge in [0.1, 0.15) is 11.6 Å². The lowest BCUT2D eigenvalue weighted by Crippen LogP contribution is -2.35. The molecule has 0 spiro atoms. The van der Waals surface area contributed by atoms with E-state index < -0.39 is 0 Å². The molecule has 0 aliphatic carbocycles. The van der Waals surface area contributed by atoms with Gasteiger partial charge in [-0.15, -0.1) is 0 Å². The third kappa shape index (κ3) is 3.71. The Balaban J connectivity index is 1.41. The summed E-state index contributed by atoms with van der Waals surface area (Å²) in [6.07, 6.45) is 2.10. The molecule has 7 heteroatoms. The van der Waals surface area contributed by atoms with Gasteiger partial charge in [-0.25, -0.2) is 4.98 Å². The Kier molecular flexibility index (Phi) is 4.90. The molecule has 0 bridgehead atoms. The van der Waals surface area contributed by atoms with E-state index in [1.807, 2.05) is 36.4 Å². The monoisotopic (exact) mass is 383 g/mol. The first kappa shape index (κ1) is 17.7. The van der Waals surface area contributed by atoms with E-state index in [9.17, 15) is 0 Å². The number of aromatic nitrogens is 2. The highest BCUT2D eigenvalue weighted by molar-refractivity contribution is 6.33. The molecule has 6 nitrogen and oxygen atoms in total. The van der Waals surface area contributed by atoms with Gasteiger partial charge in [-0.2, -0.15) is 4.98 Å². The fourth-order valence-electron chi connectivity index (χ4n) is 3.57. The summed E-state index contributed by atoms with van der Waals surface area (Å²) in [7, 11) is 0. The zero-order chi connectivity index (χ0) is 18.8. The number of fused-ring (bicyclic) bond motifs is 1. The minimum atomic E-state index is 0.170. The van der Waals surface area contributed by atoms with Crippen LogP contribution in [0.3, 0.4) is 0 Å². The molecule has 1 aliphatic heterocycles. The maximum absolute atomic E-state index is 6.32. The normalized spacial score (nSPS) is 15.2. The van der Waals surface area contributed by atoms with Gasteiger partial charge in [0, 0.05) is 13.1 Å². The van der Waals surface area contributed by atoms with E-state index >= 15 is 0 Å². The lowest BCUT2D eigenvalue weighted by Gasteiger charge is -2.34. The summed E-state index contributed by atoms with van der Waals surface area (Å²) < 4.78 is 6.10. The number of nitrogens with zero attached hydrogens (tertiary/aromatic N) is 3. The van der Waals surface area contributed by atoms with Gasteiger partial charge in [0.15, 0.2) is 0 Å². The Morgan fingerprint density at radius 3 is 2.59 bits per heavy atom. The molecule has 1 saturated heterocycles. The molecule has 4 rings (SSSR count). The van der Waals surface area contributed by atoms with Crippen molar-refractivity contribution in [3.05, 3.63) is 47.5 Å². The Morgan fingerprint density at radius 2 is 1.81 bits per heavy atom. The number of piperidine rings is 1. The third-order valence-corrected chi connectivity index (χ3v) is 5.33. The summed E-state index contributed by atoms with van der Waals surface area (Å²) in [5, 5.41) is 1.53. The molecular formula is C20H22ClN5O. The zero-order valence-corrected chi connectivity index (χ0v) is 15.7. The molecule has 140 valence electrons. The standard InChI is InChI=1S/C20H22ClN5O/c21-14-4-1-2-6-16(14)26-10-8-13(9-11-26)12-27-17-7-3-5-15-18(17)19(22)25-20(23)24-15/h1-7,13H,8-12H2,(H4,22,23,24,25). The van der Waals surface area contributed by atoms with Crippen LogP contribution >= 0.6 is 11.6 Å². The van der Waals surface area contributed by atoms with Gasteiger partial charge in [0.05, 0.1) is 28.2 Å². The van der Waals surface area contributed by atoms with Crippen molar-refractivity contribution in [1.29, 1.82) is 0 Å². The minimum absolute atomic E-state index is 0.170. The highest BCUT2D eigenvalue weighted by Crippen LogP contribution is 2.32. The molecule has 0 saturated carbocycles. The lowest BCUT2D eigenvalue weighted by molar-refractivity contribution is 0.225. The molecule has 0 radical (unpaired) electrons. The van der Waals surface area contributed by atoms with E-state index in [1.165, 1.54) is 0 Å². The Labute approximate surface area is 163 Å². The highest BCUT2D eigenvalue weighted by Gasteiger charge is 2.21. The fraction of sp³-hybridized carbons (Fsp3) is 0.300. The van der Waals surface area contributed by atoms with Crippen LogP contribution in [-0.2, 0) is 0 Å². The van der Waals surface area contributed by atoms with E-state index in [4.69, 9.17) is 27.8 Å². The van der Waals surface area contributed by atoms with Crippen LogP contribution in [0.25, 0.3) is 10.9 Å². The van der Waals surface area contributed by atoms with Crippen LogP contribution in [0.2, 0.25) is 5.02 Å². The maximum Gasteiger partial charge on any atom is 0.222 e. The molecule has 27 heavy (non-hydrogen) atoms. The van der Waals surface area contributed by atoms with E-state index in [-0.39, 0.29) is 5.95 Å². The molecular weight excluding hydrogens is 362 g/mol. The van der Waals surface area contributed by atoms with Gasteiger partial charge in [-0.3, -0.25) is 0 Å². The Bertz CT molecular complexity index is 956. The SMILES string of the molecule is Nc1nc(N)c2c(OCC3CCN(c4ccccc4Cl)CC3)cccc2n1. The van der Waals surface area contributed by atoms with Crippen molar-refractivity contribution in [2.45, 2.75) is 12.8 Å². The average molecular weight is 384 g/mol. The van der Waals surface area contributed by atoms with Gasteiger partial charge in [-0.1, -0.05) is 29.8 Å². The van der Waals surface area contributed by atoms with Crippen molar-refractivity contribution >= 4 is 40.0 Å². The molecule has 1 aliphatic rings. The summed E-state index contributed by atoms with van der Waals surface area (Å²) in [5.41, 5.74) is 13.5. The molecule has 1 aromatic heterocycles. The van der Waals surface area contributed by atoms with Crippen molar-refractivity contribution in [2.24, 2.45) is 5.92 Å². The van der Waals surface area contributed by atoms with Crippen molar-refractivity contribution in [3.63, 3.8) is 0 Å². The van der Waals surface area contributed by atoms with Crippen molar-refractivity contribution in [2.75, 3.05) is 36.1 Å². The number of hydrogen-bond acceptors (Lipinski definition) is 6. The number of nitrogens with two attached hydrogens (primary N) is 2. The van der Waals surface area contributed by atoms with Crippen LogP contribution < -0.4 is 21.1 Å². The number of nitrogen functional groups attached to an aromatic ring is 2. The molecule has 0 amide bonds. The number of para-hydroxylation sites is 1. The van der Waals surface area contributed by atoms with Crippen LogP contribution in [0.15, 0.2) is 42.5 Å². The van der Waals surface area contributed by atoms with Gasteiger partial charge < -0.3 is 21.1 Å². The summed E-state index contributed by atoms with van der Waals surface area (Å²) >= 11 is 6.32. The first-order valence-electron chi connectivity index (χ1n) is 9.06. The topological polar surface area (TPSA) is 90.3 Å². The second-order valence-electron chi connectivity index (χ2n) is 6.81. The summed E-state index contributed by atoms with van der Waals surface area (Å²) in [6.45, 7) is 2.57. The zero-order valence-electron chi connectivity index (χ0n) is 14.9. The Hall–Kier alpha value is -2.73. The second-order valence-corrected chi connectivity index (χ2v) is 7.22. The molecule has 0 unspecified atom stereocenters. The van der Waals surface area contributed by atoms with Crippen LogP contribution in [0.4, 0.5) is 17.5 Å². The number of rotatable bonds is 4. The van der Waals surface area contributed by atoms with Crippen LogP contribution in [0, 0.1) is 5.92 Å². The fourth-order valence-corrected chi connectivity index (χ4v) is 3.83. The van der Waals surface area contributed by atoms with Crippen LogP contribution in [-0.4, -0.2) is 29.7 Å². The summed E-state index contributed by atoms with van der Waals surface area (Å²) in [5.74, 6) is 1.71. The first-order chi connectivity index (χ1) is 13.1. The minimum Gasteiger partial charge on any atom is -0.492 e. The highest BCUT2D eigenvalue weighted by atomic mass is 35.5. The van der Waals surface area contributed by atoms with Crippen molar-refractivity contribution in [3.8, 4) is 5.75 Å². The van der Waals surface area contributed by atoms with E-state index in [1.54, 1.807) is 0 Å². The largest absolute Gasteiger partial charge is 0.492 e. The lowest BCUT2D eigenvalue weighted by atomic mass is 9.97. The Morgan fingerprint density at radius 1 is 1.04 bits per heavy atom. The summed E-state index contributed by atoms with van der Waals surface area (Å²) in [6, 6.07) is 13.6. The predicted octanol–water partition coefficient (Wildman–Crippen LogP) is 3.74. The molecule has 0 atom stereocenters. The first-order valence-corrected chi connectivity index (χ1v) is 9.43. The number of anilines is 3. The number of halogens is 1. The molecule has 3 aromatic rings. The maximum atomic E-state index is 6.32. The molecule has 2 aromatic carbocycles. The number of benzene rings is 2. The van der Waals surface area contributed by atoms with Crippen molar-refractivity contribution in [1.82, 2.24) is 9.97 Å². The number of hydrogen-bond donors (Lipinski definition) is 2. The smallest absolute Gasteiger partial charge is 0.222 e. The summed E-state index contributed by atoms with van der Waals surface area (Å²) in [4.78, 5) is 10.6.